The van der Waals surface area contributed by atoms with Crippen LogP contribution in [0.25, 0.3) is 5.52 Å². The summed E-state index contributed by atoms with van der Waals surface area (Å²) >= 11 is 0. The summed E-state index contributed by atoms with van der Waals surface area (Å²) in [6.45, 7) is 10.1. The summed E-state index contributed by atoms with van der Waals surface area (Å²) in [7, 11) is 0. The van der Waals surface area contributed by atoms with Crippen molar-refractivity contribution in [2.75, 3.05) is 11.4 Å². The fourth-order valence-electron chi connectivity index (χ4n) is 3.84. The number of aromatic nitrogens is 3. The Morgan fingerprint density at radius 2 is 2.05 bits per heavy atom. The lowest BCUT2D eigenvalue weighted by Gasteiger charge is -2.39. The van der Waals surface area contributed by atoms with Gasteiger partial charge in [-0.1, -0.05) is 20.8 Å². The predicted molar refractivity (Wildman–Crippen MR) is 80.2 cm³/mol. The minimum absolute atomic E-state index is 0.0698. The smallest absolute Gasteiger partial charge is 0.155 e. The van der Waals surface area contributed by atoms with E-state index in [0.717, 1.165) is 29.5 Å². The molecule has 3 fully saturated rings. The molecule has 2 aromatic heterocycles. The van der Waals surface area contributed by atoms with Crippen LogP contribution in [-0.4, -0.2) is 26.7 Å². The second-order valence-corrected chi connectivity index (χ2v) is 7.74. The highest BCUT2D eigenvalue weighted by Crippen LogP contribution is 2.52. The number of anilines is 1. The van der Waals surface area contributed by atoms with E-state index in [0.29, 0.717) is 5.54 Å². The molecule has 4 heterocycles. The standard InChI is InChI=1S/C16H22N4/c1-15(2,3)13-7-12-14(17-5-6-20(12)18-13)19-10-11-8-16(19,4)9-11/h5-7,11H,8-10H2,1-4H3. The van der Waals surface area contributed by atoms with E-state index in [1.165, 1.54) is 12.8 Å². The van der Waals surface area contributed by atoms with Crippen LogP contribution in [0.15, 0.2) is 18.5 Å². The van der Waals surface area contributed by atoms with E-state index in [9.17, 15) is 0 Å². The zero-order valence-electron chi connectivity index (χ0n) is 12.7. The molecule has 0 aromatic carbocycles. The summed E-state index contributed by atoms with van der Waals surface area (Å²) in [4.78, 5) is 7.17. The van der Waals surface area contributed by atoms with E-state index in [1.54, 1.807) is 0 Å². The molecular weight excluding hydrogens is 248 g/mol. The van der Waals surface area contributed by atoms with Gasteiger partial charge in [-0.3, -0.25) is 0 Å². The Morgan fingerprint density at radius 3 is 2.65 bits per heavy atom. The van der Waals surface area contributed by atoms with Gasteiger partial charge in [-0.2, -0.15) is 5.10 Å². The zero-order chi connectivity index (χ0) is 14.1. The van der Waals surface area contributed by atoms with Gasteiger partial charge in [0.05, 0.1) is 5.69 Å². The largest absolute Gasteiger partial charge is 0.349 e. The van der Waals surface area contributed by atoms with Gasteiger partial charge in [0.2, 0.25) is 0 Å². The Labute approximate surface area is 119 Å². The molecular formula is C16H22N4. The maximum absolute atomic E-state index is 4.73. The Hall–Kier alpha value is -1.58. The second kappa shape index (κ2) is 3.54. The molecule has 4 heteroatoms. The molecule has 2 bridgehead atoms. The second-order valence-electron chi connectivity index (χ2n) is 7.74. The normalized spacial score (nSPS) is 29.0. The Morgan fingerprint density at radius 1 is 1.30 bits per heavy atom. The van der Waals surface area contributed by atoms with Gasteiger partial charge in [-0.25, -0.2) is 9.50 Å². The quantitative estimate of drug-likeness (QED) is 0.798. The van der Waals surface area contributed by atoms with Gasteiger partial charge in [0.15, 0.2) is 5.82 Å². The van der Waals surface area contributed by atoms with E-state index >= 15 is 0 Å². The average Bonchev–Trinajstić information content (AvgIpc) is 2.95. The van der Waals surface area contributed by atoms with Crippen LogP contribution < -0.4 is 4.90 Å². The SMILES string of the molecule is CC(C)(C)c1cc2c(N3CC4CC3(C)C4)nccn2n1. The third-order valence-electron chi connectivity index (χ3n) is 4.94. The minimum Gasteiger partial charge on any atom is -0.349 e. The lowest BCUT2D eigenvalue weighted by molar-refractivity contribution is 0.267. The molecule has 0 atom stereocenters. The van der Waals surface area contributed by atoms with Crippen molar-refractivity contribution in [2.24, 2.45) is 5.92 Å². The van der Waals surface area contributed by atoms with Crippen LogP contribution >= 0.6 is 0 Å². The van der Waals surface area contributed by atoms with Crippen molar-refractivity contribution in [3.05, 3.63) is 24.2 Å². The molecule has 5 rings (SSSR count). The average molecular weight is 270 g/mol. The summed E-state index contributed by atoms with van der Waals surface area (Å²) in [5.74, 6) is 1.98. The van der Waals surface area contributed by atoms with Crippen LogP contribution in [0.5, 0.6) is 0 Å². The lowest BCUT2D eigenvalue weighted by Crippen LogP contribution is -2.43. The van der Waals surface area contributed by atoms with Gasteiger partial charge in [-0.05, 0) is 31.7 Å². The minimum atomic E-state index is 0.0698. The Kier molecular flexibility index (Phi) is 2.16. The molecule has 106 valence electrons. The molecule has 2 saturated heterocycles. The van der Waals surface area contributed by atoms with Crippen molar-refractivity contribution in [3.8, 4) is 0 Å². The van der Waals surface area contributed by atoms with Crippen molar-refractivity contribution >= 4 is 11.3 Å². The number of fused-ring (bicyclic) bond motifs is 2. The third-order valence-corrected chi connectivity index (χ3v) is 4.94. The van der Waals surface area contributed by atoms with Gasteiger partial charge in [0, 0.05) is 29.9 Å². The van der Waals surface area contributed by atoms with Crippen LogP contribution in [0, 0.1) is 5.92 Å². The third kappa shape index (κ3) is 1.54. The maximum atomic E-state index is 4.73. The van der Waals surface area contributed by atoms with Gasteiger partial charge < -0.3 is 4.90 Å². The highest BCUT2D eigenvalue weighted by Gasteiger charge is 2.53. The monoisotopic (exact) mass is 270 g/mol. The summed E-state index contributed by atoms with van der Waals surface area (Å²) < 4.78 is 1.99. The molecule has 0 spiro atoms. The van der Waals surface area contributed by atoms with E-state index in [1.807, 2.05) is 16.9 Å². The molecule has 2 aromatic rings. The first-order valence-electron chi connectivity index (χ1n) is 7.49. The molecule has 0 radical (unpaired) electrons. The first-order chi connectivity index (χ1) is 9.37. The molecule has 0 N–H and O–H groups in total. The summed E-state index contributed by atoms with van der Waals surface area (Å²) in [5, 5.41) is 4.73. The predicted octanol–water partition coefficient (Wildman–Crippen LogP) is 3.02. The first kappa shape index (κ1) is 12.2. The van der Waals surface area contributed by atoms with Crippen molar-refractivity contribution in [2.45, 2.75) is 51.5 Å². The molecule has 0 amide bonds. The van der Waals surface area contributed by atoms with Crippen molar-refractivity contribution in [3.63, 3.8) is 0 Å². The summed E-state index contributed by atoms with van der Waals surface area (Å²) in [6.07, 6.45) is 6.46. The van der Waals surface area contributed by atoms with Crippen LogP contribution in [0.3, 0.4) is 0 Å². The summed E-state index contributed by atoms with van der Waals surface area (Å²) in [5.41, 5.74) is 2.67. The van der Waals surface area contributed by atoms with E-state index < -0.39 is 0 Å². The number of nitrogens with zero attached hydrogens (tertiary/aromatic N) is 4. The molecule has 3 aliphatic rings. The van der Waals surface area contributed by atoms with E-state index in [2.05, 4.69) is 43.6 Å². The van der Waals surface area contributed by atoms with Gasteiger partial charge in [0.1, 0.15) is 5.52 Å². The molecule has 2 aliphatic heterocycles. The number of hydrogen-bond donors (Lipinski definition) is 0. The topological polar surface area (TPSA) is 33.4 Å². The number of rotatable bonds is 1. The van der Waals surface area contributed by atoms with Gasteiger partial charge in [0.25, 0.3) is 0 Å². The molecule has 4 nitrogen and oxygen atoms in total. The van der Waals surface area contributed by atoms with Crippen molar-refractivity contribution in [1.82, 2.24) is 14.6 Å². The van der Waals surface area contributed by atoms with E-state index in [4.69, 9.17) is 5.10 Å². The molecule has 1 saturated carbocycles. The van der Waals surface area contributed by atoms with Crippen LogP contribution in [0.4, 0.5) is 5.82 Å². The van der Waals surface area contributed by atoms with Crippen molar-refractivity contribution in [1.29, 1.82) is 0 Å². The fraction of sp³-hybridized carbons (Fsp3) is 0.625. The van der Waals surface area contributed by atoms with Crippen LogP contribution in [0.1, 0.15) is 46.2 Å². The van der Waals surface area contributed by atoms with Gasteiger partial charge >= 0.3 is 0 Å². The van der Waals surface area contributed by atoms with Crippen LogP contribution in [0.2, 0.25) is 0 Å². The fourth-order valence-corrected chi connectivity index (χ4v) is 3.84. The molecule has 1 aliphatic carbocycles. The van der Waals surface area contributed by atoms with Crippen molar-refractivity contribution < 1.29 is 0 Å². The van der Waals surface area contributed by atoms with Crippen LogP contribution in [-0.2, 0) is 5.41 Å². The highest BCUT2D eigenvalue weighted by molar-refractivity contribution is 5.71. The first-order valence-corrected chi connectivity index (χ1v) is 7.49. The Balaban J connectivity index is 1.86. The van der Waals surface area contributed by atoms with Gasteiger partial charge in [-0.15, -0.1) is 0 Å². The molecule has 20 heavy (non-hydrogen) atoms. The number of hydrogen-bond acceptors (Lipinski definition) is 3. The highest BCUT2D eigenvalue weighted by atomic mass is 15.3. The van der Waals surface area contributed by atoms with E-state index in [-0.39, 0.29) is 5.41 Å². The Bertz CT molecular complexity index is 673. The maximum Gasteiger partial charge on any atom is 0.155 e. The summed E-state index contributed by atoms with van der Waals surface area (Å²) in [6, 6.07) is 2.21. The zero-order valence-corrected chi connectivity index (χ0v) is 12.7. The lowest BCUT2D eigenvalue weighted by atomic mass is 9.75. The molecule has 0 unspecified atom stereocenters.